The Bertz CT molecular complexity index is 596. The van der Waals surface area contributed by atoms with E-state index in [4.69, 9.17) is 11.6 Å². The van der Waals surface area contributed by atoms with E-state index in [1.165, 1.54) is 18.1 Å². The number of carbonyl (C=O) groups excluding carboxylic acids is 1. The first-order valence-corrected chi connectivity index (χ1v) is 7.33. The minimum absolute atomic E-state index is 0.0533. The molecule has 0 unspecified atom stereocenters. The fourth-order valence-electron chi connectivity index (χ4n) is 2.07. The van der Waals surface area contributed by atoms with Gasteiger partial charge in [-0.15, -0.1) is 0 Å². The summed E-state index contributed by atoms with van der Waals surface area (Å²) in [6.07, 6.45) is 0.949. The van der Waals surface area contributed by atoms with Crippen molar-refractivity contribution in [1.82, 2.24) is 5.32 Å². The van der Waals surface area contributed by atoms with Crippen molar-refractivity contribution in [3.8, 4) is 0 Å². The molecule has 1 amide bonds. The van der Waals surface area contributed by atoms with Crippen LogP contribution in [0.3, 0.4) is 0 Å². The van der Waals surface area contributed by atoms with Gasteiger partial charge in [-0.25, -0.2) is 0 Å². The zero-order valence-corrected chi connectivity index (χ0v) is 12.8. The number of rotatable bonds is 6. The second kappa shape index (κ2) is 7.81. The number of benzene rings is 2. The van der Waals surface area contributed by atoms with Crippen LogP contribution in [0.5, 0.6) is 0 Å². The van der Waals surface area contributed by atoms with Crippen LogP contribution >= 0.6 is 11.6 Å². The maximum absolute atomic E-state index is 10.9. The summed E-state index contributed by atoms with van der Waals surface area (Å²) in [6, 6.07) is 15.8. The number of amides is 1. The largest absolute Gasteiger partial charge is 0.326 e. The number of nitrogens with one attached hydrogen (secondary N) is 2. The van der Waals surface area contributed by atoms with E-state index in [0.29, 0.717) is 0 Å². The standard InChI is InChI=1S/C17H19ClN2O/c1-13(21)20-17-7-5-15(6-8-17)12-19-10-9-14-3-2-4-16(18)11-14/h2-8,11,19H,9-10,12H2,1H3,(H,20,21). The van der Waals surface area contributed by atoms with Crippen LogP contribution in [0, 0.1) is 0 Å². The number of carbonyl (C=O) groups is 1. The quantitative estimate of drug-likeness (QED) is 0.800. The molecule has 2 aromatic carbocycles. The molecule has 0 radical (unpaired) electrons. The first-order valence-electron chi connectivity index (χ1n) is 6.95. The van der Waals surface area contributed by atoms with E-state index in [1.807, 2.05) is 42.5 Å². The van der Waals surface area contributed by atoms with Gasteiger partial charge >= 0.3 is 0 Å². The molecule has 0 aromatic heterocycles. The van der Waals surface area contributed by atoms with Crippen molar-refractivity contribution in [3.05, 3.63) is 64.7 Å². The Labute approximate surface area is 130 Å². The van der Waals surface area contributed by atoms with E-state index >= 15 is 0 Å². The third kappa shape index (κ3) is 5.58. The number of halogens is 1. The molecule has 21 heavy (non-hydrogen) atoms. The summed E-state index contributed by atoms with van der Waals surface area (Å²) in [4.78, 5) is 10.9. The molecule has 2 rings (SSSR count). The molecular weight excluding hydrogens is 284 g/mol. The predicted molar refractivity (Wildman–Crippen MR) is 87.6 cm³/mol. The Morgan fingerprint density at radius 1 is 1.10 bits per heavy atom. The Morgan fingerprint density at radius 2 is 1.86 bits per heavy atom. The molecule has 3 nitrogen and oxygen atoms in total. The topological polar surface area (TPSA) is 41.1 Å². The lowest BCUT2D eigenvalue weighted by Gasteiger charge is -2.07. The van der Waals surface area contributed by atoms with Gasteiger partial charge in [0.05, 0.1) is 0 Å². The highest BCUT2D eigenvalue weighted by Crippen LogP contribution is 2.11. The summed E-state index contributed by atoms with van der Waals surface area (Å²) in [5.41, 5.74) is 3.25. The third-order valence-electron chi connectivity index (χ3n) is 3.08. The van der Waals surface area contributed by atoms with Crippen molar-refractivity contribution in [2.45, 2.75) is 19.9 Å². The second-order valence-electron chi connectivity index (χ2n) is 4.93. The molecule has 0 aliphatic heterocycles. The van der Waals surface area contributed by atoms with E-state index < -0.39 is 0 Å². The lowest BCUT2D eigenvalue weighted by Crippen LogP contribution is -2.16. The van der Waals surface area contributed by atoms with Crippen LogP contribution in [0.15, 0.2) is 48.5 Å². The zero-order valence-electron chi connectivity index (χ0n) is 12.0. The summed E-state index contributed by atoms with van der Waals surface area (Å²) in [5.74, 6) is -0.0533. The Balaban J connectivity index is 1.74. The molecule has 0 spiro atoms. The number of hydrogen-bond donors (Lipinski definition) is 2. The van der Waals surface area contributed by atoms with Gasteiger partial charge in [-0.1, -0.05) is 35.9 Å². The van der Waals surface area contributed by atoms with Gasteiger partial charge in [0.2, 0.25) is 5.91 Å². The van der Waals surface area contributed by atoms with E-state index in [9.17, 15) is 4.79 Å². The Morgan fingerprint density at radius 3 is 2.52 bits per heavy atom. The maximum atomic E-state index is 10.9. The van der Waals surface area contributed by atoms with Crippen LogP contribution in [0.25, 0.3) is 0 Å². The molecule has 2 aromatic rings. The molecule has 0 bridgehead atoms. The van der Waals surface area contributed by atoms with Gasteiger partial charge in [-0.2, -0.15) is 0 Å². The summed E-state index contributed by atoms with van der Waals surface area (Å²) >= 11 is 5.95. The van der Waals surface area contributed by atoms with Crippen molar-refractivity contribution >= 4 is 23.2 Å². The molecule has 0 fully saturated rings. The van der Waals surface area contributed by atoms with Gasteiger partial charge in [0.15, 0.2) is 0 Å². The predicted octanol–water partition coefficient (Wildman–Crippen LogP) is 3.63. The van der Waals surface area contributed by atoms with Crippen molar-refractivity contribution in [3.63, 3.8) is 0 Å². The first-order chi connectivity index (χ1) is 10.1. The Kier molecular flexibility index (Phi) is 5.78. The van der Waals surface area contributed by atoms with Crippen molar-refractivity contribution in [2.75, 3.05) is 11.9 Å². The normalized spacial score (nSPS) is 10.4. The molecule has 0 heterocycles. The SMILES string of the molecule is CC(=O)Nc1ccc(CNCCc2cccc(Cl)c2)cc1. The van der Waals surface area contributed by atoms with Crippen LogP contribution < -0.4 is 10.6 Å². The molecule has 0 atom stereocenters. The molecule has 110 valence electrons. The minimum atomic E-state index is -0.0533. The van der Waals surface area contributed by atoms with Crippen LogP contribution in [0.2, 0.25) is 5.02 Å². The highest BCUT2D eigenvalue weighted by Gasteiger charge is 1.98. The van der Waals surface area contributed by atoms with E-state index in [1.54, 1.807) is 0 Å². The smallest absolute Gasteiger partial charge is 0.221 e. The molecule has 0 aliphatic carbocycles. The van der Waals surface area contributed by atoms with Gasteiger partial charge in [0.25, 0.3) is 0 Å². The number of hydrogen-bond acceptors (Lipinski definition) is 2. The molecule has 0 saturated carbocycles. The van der Waals surface area contributed by atoms with Crippen LogP contribution in [0.4, 0.5) is 5.69 Å². The highest BCUT2D eigenvalue weighted by atomic mass is 35.5. The summed E-state index contributed by atoms with van der Waals surface area (Å²) in [6.45, 7) is 3.21. The van der Waals surface area contributed by atoms with Gasteiger partial charge < -0.3 is 10.6 Å². The van der Waals surface area contributed by atoms with Crippen LogP contribution in [-0.2, 0) is 17.8 Å². The van der Waals surface area contributed by atoms with E-state index in [2.05, 4.69) is 16.7 Å². The average molecular weight is 303 g/mol. The average Bonchev–Trinajstić information content (AvgIpc) is 2.45. The third-order valence-corrected chi connectivity index (χ3v) is 3.32. The van der Waals surface area contributed by atoms with Gasteiger partial charge in [0, 0.05) is 24.2 Å². The summed E-state index contributed by atoms with van der Waals surface area (Å²) in [7, 11) is 0. The van der Waals surface area contributed by atoms with Crippen LogP contribution in [-0.4, -0.2) is 12.5 Å². The van der Waals surface area contributed by atoms with Crippen molar-refractivity contribution in [1.29, 1.82) is 0 Å². The van der Waals surface area contributed by atoms with Gasteiger partial charge in [-0.3, -0.25) is 4.79 Å². The molecule has 0 aliphatic rings. The van der Waals surface area contributed by atoms with Gasteiger partial charge in [-0.05, 0) is 48.4 Å². The van der Waals surface area contributed by atoms with Crippen molar-refractivity contribution in [2.24, 2.45) is 0 Å². The summed E-state index contributed by atoms with van der Waals surface area (Å²) in [5, 5.41) is 6.93. The lowest BCUT2D eigenvalue weighted by atomic mass is 10.1. The monoisotopic (exact) mass is 302 g/mol. The maximum Gasteiger partial charge on any atom is 0.221 e. The van der Waals surface area contributed by atoms with E-state index in [0.717, 1.165) is 30.2 Å². The molecule has 2 N–H and O–H groups in total. The highest BCUT2D eigenvalue weighted by molar-refractivity contribution is 6.30. The lowest BCUT2D eigenvalue weighted by molar-refractivity contribution is -0.114. The summed E-state index contributed by atoms with van der Waals surface area (Å²) < 4.78 is 0. The molecular formula is C17H19ClN2O. The van der Waals surface area contributed by atoms with E-state index in [-0.39, 0.29) is 5.91 Å². The minimum Gasteiger partial charge on any atom is -0.326 e. The fraction of sp³-hybridized carbons (Fsp3) is 0.235. The molecule has 4 heteroatoms. The van der Waals surface area contributed by atoms with Gasteiger partial charge in [0.1, 0.15) is 0 Å². The Hall–Kier alpha value is -1.84. The van der Waals surface area contributed by atoms with Crippen molar-refractivity contribution < 1.29 is 4.79 Å². The first kappa shape index (κ1) is 15.5. The fourth-order valence-corrected chi connectivity index (χ4v) is 2.28. The second-order valence-corrected chi connectivity index (χ2v) is 5.37. The zero-order chi connectivity index (χ0) is 15.1. The number of anilines is 1. The van der Waals surface area contributed by atoms with Crippen LogP contribution in [0.1, 0.15) is 18.1 Å². The molecule has 0 saturated heterocycles.